The molecule has 118 valence electrons. The summed E-state index contributed by atoms with van der Waals surface area (Å²) in [5.41, 5.74) is -0.363. The molecule has 0 aliphatic heterocycles. The summed E-state index contributed by atoms with van der Waals surface area (Å²) in [4.78, 5) is 2.20. The van der Waals surface area contributed by atoms with E-state index in [1.54, 1.807) is 6.07 Å². The lowest BCUT2D eigenvalue weighted by atomic mass is 10.0. The molecule has 0 spiro atoms. The minimum atomic E-state index is -4.37. The second-order valence-corrected chi connectivity index (χ2v) is 5.72. The van der Waals surface area contributed by atoms with Crippen molar-refractivity contribution in [3.63, 3.8) is 0 Å². The van der Waals surface area contributed by atoms with Crippen molar-refractivity contribution in [1.29, 1.82) is 0 Å². The van der Waals surface area contributed by atoms with Crippen LogP contribution >= 0.6 is 0 Å². The first-order chi connectivity index (χ1) is 9.91. The van der Waals surface area contributed by atoms with Crippen LogP contribution in [0.1, 0.15) is 49.8 Å². The lowest BCUT2D eigenvalue weighted by Crippen LogP contribution is -2.31. The highest BCUT2D eigenvalue weighted by molar-refractivity contribution is 5.27. The van der Waals surface area contributed by atoms with Crippen LogP contribution in [0, 0.1) is 0 Å². The fourth-order valence-corrected chi connectivity index (χ4v) is 2.47. The van der Waals surface area contributed by atoms with E-state index in [4.69, 9.17) is 0 Å². The Kier molecular flexibility index (Phi) is 5.27. The van der Waals surface area contributed by atoms with Gasteiger partial charge in [0.05, 0.1) is 11.7 Å². The third-order valence-electron chi connectivity index (χ3n) is 3.87. The predicted molar refractivity (Wildman–Crippen MR) is 75.9 cm³/mol. The van der Waals surface area contributed by atoms with E-state index >= 15 is 0 Å². The Morgan fingerprint density at radius 1 is 1.33 bits per heavy atom. The molecular weight excluding hydrogens is 279 g/mol. The zero-order valence-corrected chi connectivity index (χ0v) is 12.2. The lowest BCUT2D eigenvalue weighted by molar-refractivity contribution is -0.137. The van der Waals surface area contributed by atoms with Gasteiger partial charge in [0, 0.05) is 12.6 Å². The van der Waals surface area contributed by atoms with Gasteiger partial charge in [-0.1, -0.05) is 25.5 Å². The normalized spacial score (nSPS) is 17.2. The monoisotopic (exact) mass is 301 g/mol. The molecule has 1 fully saturated rings. The van der Waals surface area contributed by atoms with Crippen LogP contribution in [0.15, 0.2) is 24.3 Å². The highest BCUT2D eigenvalue weighted by Crippen LogP contribution is 2.32. The first-order valence-corrected chi connectivity index (χ1v) is 7.51. The average Bonchev–Trinajstić information content (AvgIpc) is 3.27. The average molecular weight is 301 g/mol. The molecule has 2 rings (SSSR count). The van der Waals surface area contributed by atoms with Crippen LogP contribution in [-0.4, -0.2) is 29.1 Å². The maximum absolute atomic E-state index is 12.7. The highest BCUT2D eigenvalue weighted by atomic mass is 19.4. The Balaban J connectivity index is 2.03. The van der Waals surface area contributed by atoms with Crippen molar-refractivity contribution < 1.29 is 18.3 Å². The molecule has 1 aliphatic carbocycles. The van der Waals surface area contributed by atoms with Crippen molar-refractivity contribution >= 4 is 0 Å². The summed E-state index contributed by atoms with van der Waals surface area (Å²) >= 11 is 0. The number of hydrogen-bond donors (Lipinski definition) is 1. The molecule has 1 N–H and O–H groups in total. The maximum atomic E-state index is 12.7. The van der Waals surface area contributed by atoms with E-state index in [0.717, 1.165) is 44.4 Å². The molecule has 0 saturated heterocycles. The Bertz CT molecular complexity index is 457. The van der Waals surface area contributed by atoms with E-state index in [1.165, 1.54) is 6.07 Å². The van der Waals surface area contributed by atoms with E-state index in [1.807, 2.05) is 0 Å². The minimum Gasteiger partial charge on any atom is -0.387 e. The van der Waals surface area contributed by atoms with Gasteiger partial charge in [-0.05, 0) is 43.5 Å². The molecule has 0 amide bonds. The van der Waals surface area contributed by atoms with Crippen LogP contribution in [-0.2, 0) is 6.18 Å². The quantitative estimate of drug-likeness (QED) is 0.822. The van der Waals surface area contributed by atoms with Gasteiger partial charge in [0.1, 0.15) is 0 Å². The van der Waals surface area contributed by atoms with Gasteiger partial charge in [-0.2, -0.15) is 13.2 Å². The van der Waals surface area contributed by atoms with Gasteiger partial charge in [0.2, 0.25) is 0 Å². The van der Waals surface area contributed by atoms with Crippen molar-refractivity contribution in [2.24, 2.45) is 0 Å². The SMILES string of the molecule is CCCCN(CC(O)c1cccc(C(F)(F)F)c1)C1CC1. The Labute approximate surface area is 123 Å². The summed E-state index contributed by atoms with van der Waals surface area (Å²) in [6.45, 7) is 3.41. The van der Waals surface area contributed by atoms with E-state index < -0.39 is 17.8 Å². The molecule has 0 aromatic heterocycles. The summed E-state index contributed by atoms with van der Waals surface area (Å²) in [6, 6.07) is 5.50. The van der Waals surface area contributed by atoms with Gasteiger partial charge in [-0.25, -0.2) is 0 Å². The van der Waals surface area contributed by atoms with Crippen LogP contribution in [0.3, 0.4) is 0 Å². The largest absolute Gasteiger partial charge is 0.416 e. The van der Waals surface area contributed by atoms with Gasteiger partial charge >= 0.3 is 6.18 Å². The first kappa shape index (κ1) is 16.3. The van der Waals surface area contributed by atoms with E-state index in [0.29, 0.717) is 18.2 Å². The highest BCUT2D eigenvalue weighted by Gasteiger charge is 2.32. The number of benzene rings is 1. The molecule has 21 heavy (non-hydrogen) atoms. The number of aliphatic hydroxyl groups is 1. The van der Waals surface area contributed by atoms with Crippen LogP contribution in [0.25, 0.3) is 0 Å². The number of alkyl halides is 3. The molecule has 0 heterocycles. The van der Waals surface area contributed by atoms with Crippen LogP contribution in [0.2, 0.25) is 0 Å². The number of aliphatic hydroxyl groups excluding tert-OH is 1. The van der Waals surface area contributed by atoms with Gasteiger partial charge < -0.3 is 5.11 Å². The molecule has 1 aromatic carbocycles. The summed E-state index contributed by atoms with van der Waals surface area (Å²) in [5.74, 6) is 0. The number of nitrogens with zero attached hydrogens (tertiary/aromatic N) is 1. The van der Waals surface area contributed by atoms with Crippen molar-refractivity contribution in [2.75, 3.05) is 13.1 Å². The minimum absolute atomic E-state index is 0.340. The number of halogens is 3. The third kappa shape index (κ3) is 4.71. The van der Waals surface area contributed by atoms with Gasteiger partial charge in [0.25, 0.3) is 0 Å². The predicted octanol–water partition coefficient (Wildman–Crippen LogP) is 4.00. The Morgan fingerprint density at radius 3 is 2.62 bits per heavy atom. The summed E-state index contributed by atoms with van der Waals surface area (Å²) in [5, 5.41) is 10.2. The maximum Gasteiger partial charge on any atom is 0.416 e. The molecular formula is C16H22F3NO. The molecule has 5 heteroatoms. The van der Waals surface area contributed by atoms with Crippen LogP contribution in [0.5, 0.6) is 0 Å². The molecule has 0 radical (unpaired) electrons. The van der Waals surface area contributed by atoms with E-state index in [9.17, 15) is 18.3 Å². The number of hydrogen-bond acceptors (Lipinski definition) is 2. The van der Waals surface area contributed by atoms with Crippen molar-refractivity contribution in [1.82, 2.24) is 4.90 Å². The Morgan fingerprint density at radius 2 is 2.05 bits per heavy atom. The molecule has 1 atom stereocenters. The number of unbranched alkanes of at least 4 members (excludes halogenated alkanes) is 1. The topological polar surface area (TPSA) is 23.5 Å². The second kappa shape index (κ2) is 6.79. The van der Waals surface area contributed by atoms with Crippen molar-refractivity contribution in [2.45, 2.75) is 50.9 Å². The smallest absolute Gasteiger partial charge is 0.387 e. The Hall–Kier alpha value is -1.07. The van der Waals surface area contributed by atoms with Gasteiger partial charge in [0.15, 0.2) is 0 Å². The van der Waals surface area contributed by atoms with Crippen LogP contribution < -0.4 is 0 Å². The summed E-state index contributed by atoms with van der Waals surface area (Å²) in [6.07, 6.45) is -0.870. The van der Waals surface area contributed by atoms with Crippen LogP contribution in [0.4, 0.5) is 13.2 Å². The fraction of sp³-hybridized carbons (Fsp3) is 0.625. The van der Waals surface area contributed by atoms with Gasteiger partial charge in [-0.3, -0.25) is 4.90 Å². The van der Waals surface area contributed by atoms with E-state index in [-0.39, 0.29) is 0 Å². The first-order valence-electron chi connectivity index (χ1n) is 7.51. The van der Waals surface area contributed by atoms with E-state index in [2.05, 4.69) is 11.8 Å². The standard InChI is InChI=1S/C16H22F3NO/c1-2-3-9-20(14-7-8-14)11-15(21)12-5-4-6-13(10-12)16(17,18)19/h4-6,10,14-15,21H,2-3,7-9,11H2,1H3. The summed E-state index contributed by atoms with van der Waals surface area (Å²) in [7, 11) is 0. The van der Waals surface area contributed by atoms with Crippen molar-refractivity contribution in [3.8, 4) is 0 Å². The zero-order valence-electron chi connectivity index (χ0n) is 12.2. The van der Waals surface area contributed by atoms with Crippen molar-refractivity contribution in [3.05, 3.63) is 35.4 Å². The third-order valence-corrected chi connectivity index (χ3v) is 3.87. The number of rotatable bonds is 7. The molecule has 1 aromatic rings. The van der Waals surface area contributed by atoms with Gasteiger partial charge in [-0.15, -0.1) is 0 Å². The molecule has 1 saturated carbocycles. The molecule has 2 nitrogen and oxygen atoms in total. The molecule has 0 bridgehead atoms. The summed E-state index contributed by atoms with van der Waals surface area (Å²) < 4.78 is 38.1. The second-order valence-electron chi connectivity index (χ2n) is 5.72. The lowest BCUT2D eigenvalue weighted by Gasteiger charge is -2.25. The molecule has 1 aliphatic rings. The molecule has 1 unspecified atom stereocenters. The fourth-order valence-electron chi connectivity index (χ4n) is 2.47. The zero-order chi connectivity index (χ0) is 15.5.